The van der Waals surface area contributed by atoms with Crippen molar-refractivity contribution < 1.29 is 0 Å². The van der Waals surface area contributed by atoms with Gasteiger partial charge in [0, 0.05) is 11.6 Å². The second-order valence-corrected chi connectivity index (χ2v) is 6.10. The molecule has 0 unspecified atom stereocenters. The highest BCUT2D eigenvalue weighted by atomic mass is 15.1. The molecule has 1 aliphatic rings. The first-order valence-electron chi connectivity index (χ1n) is 8.17. The summed E-state index contributed by atoms with van der Waals surface area (Å²) in [6.45, 7) is 4.16. The molecular weight excluding hydrogens is 272 g/mol. The van der Waals surface area contributed by atoms with E-state index in [4.69, 9.17) is 10.7 Å². The molecule has 2 aromatic rings. The number of aryl methyl sites for hydroxylation is 2. The summed E-state index contributed by atoms with van der Waals surface area (Å²) in [5, 5.41) is 3.53. The number of hydrogen-bond donors (Lipinski definition) is 2. The molecule has 1 aromatic carbocycles. The van der Waals surface area contributed by atoms with E-state index in [1.54, 1.807) is 0 Å². The third-order valence-corrected chi connectivity index (χ3v) is 4.37. The van der Waals surface area contributed by atoms with Crippen molar-refractivity contribution in [1.82, 2.24) is 9.97 Å². The van der Waals surface area contributed by atoms with E-state index in [0.29, 0.717) is 11.7 Å². The van der Waals surface area contributed by atoms with Crippen LogP contribution in [0.1, 0.15) is 43.9 Å². The highest BCUT2D eigenvalue weighted by Crippen LogP contribution is 2.28. The van der Waals surface area contributed by atoms with Crippen LogP contribution in [0, 0.1) is 6.92 Å². The molecule has 4 heteroatoms. The van der Waals surface area contributed by atoms with Crippen LogP contribution < -0.4 is 11.1 Å². The van der Waals surface area contributed by atoms with Crippen molar-refractivity contribution in [3.8, 4) is 11.4 Å². The van der Waals surface area contributed by atoms with Gasteiger partial charge in [-0.3, -0.25) is 0 Å². The van der Waals surface area contributed by atoms with Crippen molar-refractivity contribution in [2.24, 2.45) is 0 Å². The van der Waals surface area contributed by atoms with Crippen LogP contribution in [-0.2, 0) is 6.42 Å². The molecule has 1 aromatic heterocycles. The number of nitrogen functional groups attached to an aromatic ring is 1. The zero-order valence-corrected chi connectivity index (χ0v) is 13.4. The van der Waals surface area contributed by atoms with Gasteiger partial charge in [-0.1, -0.05) is 49.6 Å². The molecule has 1 aliphatic carbocycles. The first-order valence-corrected chi connectivity index (χ1v) is 8.17. The minimum atomic E-state index is 0.493. The number of nitrogens with zero attached hydrogens (tertiary/aromatic N) is 2. The van der Waals surface area contributed by atoms with Crippen molar-refractivity contribution in [3.05, 3.63) is 35.5 Å². The average molecular weight is 296 g/mol. The highest BCUT2D eigenvalue weighted by molar-refractivity contribution is 5.69. The van der Waals surface area contributed by atoms with Crippen molar-refractivity contribution in [1.29, 1.82) is 0 Å². The average Bonchev–Trinajstić information content (AvgIpc) is 3.03. The van der Waals surface area contributed by atoms with E-state index >= 15 is 0 Å². The normalized spacial score (nSPS) is 15.2. The number of rotatable bonds is 4. The van der Waals surface area contributed by atoms with Gasteiger partial charge in [0.05, 0.1) is 11.4 Å². The molecule has 1 fully saturated rings. The summed E-state index contributed by atoms with van der Waals surface area (Å²) in [5.74, 6) is 1.56. The molecular formula is C18H24N4. The molecule has 0 saturated heterocycles. The maximum absolute atomic E-state index is 6.26. The fraction of sp³-hybridized carbons (Fsp3) is 0.444. The topological polar surface area (TPSA) is 63.8 Å². The van der Waals surface area contributed by atoms with Gasteiger partial charge in [-0.2, -0.15) is 0 Å². The maximum Gasteiger partial charge on any atom is 0.161 e. The SMILES string of the molecule is CCc1nc(-c2ccc(C)cc2)nc(NC2CCCC2)c1N. The molecule has 116 valence electrons. The van der Waals surface area contributed by atoms with Crippen molar-refractivity contribution in [3.63, 3.8) is 0 Å². The first kappa shape index (κ1) is 14.8. The van der Waals surface area contributed by atoms with E-state index in [1.165, 1.54) is 31.2 Å². The van der Waals surface area contributed by atoms with E-state index in [1.807, 2.05) is 0 Å². The van der Waals surface area contributed by atoms with Crippen LogP contribution in [0.25, 0.3) is 11.4 Å². The van der Waals surface area contributed by atoms with E-state index in [2.05, 4.69) is 48.4 Å². The maximum atomic E-state index is 6.26. The van der Waals surface area contributed by atoms with Crippen LogP contribution in [0.2, 0.25) is 0 Å². The molecule has 0 bridgehead atoms. The van der Waals surface area contributed by atoms with Gasteiger partial charge in [0.2, 0.25) is 0 Å². The molecule has 3 rings (SSSR count). The number of benzene rings is 1. The molecule has 1 heterocycles. The number of hydrogen-bond acceptors (Lipinski definition) is 4. The van der Waals surface area contributed by atoms with Crippen LogP contribution in [0.4, 0.5) is 11.5 Å². The molecule has 4 nitrogen and oxygen atoms in total. The fourth-order valence-corrected chi connectivity index (χ4v) is 2.99. The molecule has 3 N–H and O–H groups in total. The lowest BCUT2D eigenvalue weighted by molar-refractivity contribution is 0.750. The third-order valence-electron chi connectivity index (χ3n) is 4.37. The summed E-state index contributed by atoms with van der Waals surface area (Å²) in [4.78, 5) is 9.35. The van der Waals surface area contributed by atoms with Crippen LogP contribution >= 0.6 is 0 Å². The van der Waals surface area contributed by atoms with Gasteiger partial charge >= 0.3 is 0 Å². The van der Waals surface area contributed by atoms with E-state index < -0.39 is 0 Å². The number of nitrogens with two attached hydrogens (primary N) is 1. The van der Waals surface area contributed by atoms with Gasteiger partial charge < -0.3 is 11.1 Å². The Morgan fingerprint density at radius 3 is 2.45 bits per heavy atom. The Morgan fingerprint density at radius 1 is 1.14 bits per heavy atom. The molecule has 0 aliphatic heterocycles. The summed E-state index contributed by atoms with van der Waals surface area (Å²) in [6.07, 6.45) is 5.78. The van der Waals surface area contributed by atoms with Gasteiger partial charge in [0.25, 0.3) is 0 Å². The first-order chi connectivity index (χ1) is 10.7. The summed E-state index contributed by atoms with van der Waals surface area (Å²) >= 11 is 0. The van der Waals surface area contributed by atoms with E-state index in [9.17, 15) is 0 Å². The molecule has 0 spiro atoms. The molecule has 0 radical (unpaired) electrons. The van der Waals surface area contributed by atoms with Gasteiger partial charge in [0.15, 0.2) is 11.6 Å². The van der Waals surface area contributed by atoms with Crippen LogP contribution in [-0.4, -0.2) is 16.0 Å². The van der Waals surface area contributed by atoms with Crippen molar-refractivity contribution >= 4 is 11.5 Å². The Balaban J connectivity index is 1.97. The summed E-state index contributed by atoms with van der Waals surface area (Å²) in [6, 6.07) is 8.81. The molecule has 22 heavy (non-hydrogen) atoms. The number of anilines is 2. The minimum absolute atomic E-state index is 0.493. The van der Waals surface area contributed by atoms with E-state index in [-0.39, 0.29) is 0 Å². The van der Waals surface area contributed by atoms with Gasteiger partial charge in [-0.15, -0.1) is 0 Å². The Kier molecular flexibility index (Phi) is 4.27. The Morgan fingerprint density at radius 2 is 1.82 bits per heavy atom. The van der Waals surface area contributed by atoms with Gasteiger partial charge in [0.1, 0.15) is 0 Å². The lowest BCUT2D eigenvalue weighted by Gasteiger charge is -2.17. The number of nitrogens with one attached hydrogen (secondary N) is 1. The van der Waals surface area contributed by atoms with Crippen molar-refractivity contribution in [2.75, 3.05) is 11.1 Å². The molecule has 0 atom stereocenters. The van der Waals surface area contributed by atoms with E-state index in [0.717, 1.165) is 29.3 Å². The lowest BCUT2D eigenvalue weighted by Crippen LogP contribution is -2.18. The Labute approximate surface area is 132 Å². The second kappa shape index (κ2) is 6.34. The third kappa shape index (κ3) is 3.06. The Hall–Kier alpha value is -2.10. The standard InChI is InChI=1S/C18H24N4/c1-3-15-16(19)18(20-14-6-4-5-7-14)22-17(21-15)13-10-8-12(2)9-11-13/h8-11,14H,3-7,19H2,1-2H3,(H,20,21,22). The second-order valence-electron chi connectivity index (χ2n) is 6.10. The van der Waals surface area contributed by atoms with Gasteiger partial charge in [-0.05, 0) is 26.2 Å². The zero-order chi connectivity index (χ0) is 15.5. The predicted octanol–water partition coefficient (Wildman–Crippen LogP) is 3.95. The van der Waals surface area contributed by atoms with Crippen LogP contribution in [0.5, 0.6) is 0 Å². The van der Waals surface area contributed by atoms with Crippen molar-refractivity contribution in [2.45, 2.75) is 52.0 Å². The molecule has 1 saturated carbocycles. The molecule has 0 amide bonds. The Bertz CT molecular complexity index is 643. The summed E-state index contributed by atoms with van der Waals surface area (Å²) in [7, 11) is 0. The predicted molar refractivity (Wildman–Crippen MR) is 91.9 cm³/mol. The minimum Gasteiger partial charge on any atom is -0.394 e. The lowest BCUT2D eigenvalue weighted by atomic mass is 10.1. The highest BCUT2D eigenvalue weighted by Gasteiger charge is 2.18. The number of aromatic nitrogens is 2. The smallest absolute Gasteiger partial charge is 0.161 e. The summed E-state index contributed by atoms with van der Waals surface area (Å²) < 4.78 is 0. The largest absolute Gasteiger partial charge is 0.394 e. The monoisotopic (exact) mass is 296 g/mol. The van der Waals surface area contributed by atoms with Crippen LogP contribution in [0.15, 0.2) is 24.3 Å². The quantitative estimate of drug-likeness (QED) is 0.896. The fourth-order valence-electron chi connectivity index (χ4n) is 2.99. The van der Waals surface area contributed by atoms with Gasteiger partial charge in [-0.25, -0.2) is 9.97 Å². The van der Waals surface area contributed by atoms with Crippen LogP contribution in [0.3, 0.4) is 0 Å². The summed E-state index contributed by atoms with van der Waals surface area (Å²) in [5.41, 5.74) is 10.1. The zero-order valence-electron chi connectivity index (χ0n) is 13.4.